The number of pyridine rings is 1. The van der Waals surface area contributed by atoms with E-state index in [9.17, 15) is 14.0 Å². The van der Waals surface area contributed by atoms with Crippen molar-refractivity contribution in [2.75, 3.05) is 0 Å². The average molecular weight is 302 g/mol. The molecule has 2 nitrogen and oxygen atoms in total. The highest BCUT2D eigenvalue weighted by molar-refractivity contribution is 7.99. The topological polar surface area (TPSA) is 36.7 Å². The van der Waals surface area contributed by atoms with E-state index in [-0.39, 0.29) is 0 Å². The molecule has 0 aliphatic heterocycles. The lowest BCUT2D eigenvalue weighted by molar-refractivity contribution is 0.506. The second kappa shape index (κ2) is 5.82. The summed E-state index contributed by atoms with van der Waals surface area (Å²) in [6.45, 7) is 0. The Bertz CT molecular complexity index is 738. The van der Waals surface area contributed by atoms with Gasteiger partial charge in [-0.25, -0.2) is 13.8 Å². The standard InChI is InChI=1S/C16H12F2N2S/c17-13-6-5-12(8-14(13)18)21-16-11(9-19)7-10-3-1-2-4-15(10)20-16/h5-8H,1-4H2. The van der Waals surface area contributed by atoms with E-state index >= 15 is 0 Å². The predicted octanol–water partition coefficient (Wildman–Crippen LogP) is 4.26. The number of rotatable bonds is 2. The summed E-state index contributed by atoms with van der Waals surface area (Å²) >= 11 is 1.19. The zero-order chi connectivity index (χ0) is 14.8. The molecule has 0 atom stereocenters. The Morgan fingerprint density at radius 2 is 1.90 bits per heavy atom. The van der Waals surface area contributed by atoms with E-state index in [1.807, 2.05) is 6.07 Å². The molecule has 21 heavy (non-hydrogen) atoms. The zero-order valence-corrected chi connectivity index (χ0v) is 12.0. The molecule has 0 bridgehead atoms. The van der Waals surface area contributed by atoms with Crippen molar-refractivity contribution < 1.29 is 8.78 Å². The van der Waals surface area contributed by atoms with Crippen LogP contribution in [0.25, 0.3) is 0 Å². The van der Waals surface area contributed by atoms with Gasteiger partial charge in [-0.15, -0.1) is 0 Å². The first-order valence-electron chi connectivity index (χ1n) is 6.73. The molecule has 0 spiro atoms. The Balaban J connectivity index is 1.97. The van der Waals surface area contributed by atoms with Crippen molar-refractivity contribution in [1.82, 2.24) is 4.98 Å². The number of fused-ring (bicyclic) bond motifs is 1. The van der Waals surface area contributed by atoms with Gasteiger partial charge in [-0.05, 0) is 55.5 Å². The quantitative estimate of drug-likeness (QED) is 0.831. The second-order valence-corrected chi connectivity index (χ2v) is 6.01. The average Bonchev–Trinajstić information content (AvgIpc) is 2.50. The zero-order valence-electron chi connectivity index (χ0n) is 11.2. The van der Waals surface area contributed by atoms with Crippen LogP contribution >= 0.6 is 11.8 Å². The smallest absolute Gasteiger partial charge is 0.159 e. The lowest BCUT2D eigenvalue weighted by atomic mass is 9.95. The van der Waals surface area contributed by atoms with Crippen LogP contribution in [0.1, 0.15) is 29.7 Å². The number of nitriles is 1. The highest BCUT2D eigenvalue weighted by Crippen LogP contribution is 2.32. The fourth-order valence-corrected chi connectivity index (χ4v) is 3.32. The van der Waals surface area contributed by atoms with Crippen LogP contribution in [0.5, 0.6) is 0 Å². The van der Waals surface area contributed by atoms with Crippen molar-refractivity contribution in [1.29, 1.82) is 5.26 Å². The summed E-state index contributed by atoms with van der Waals surface area (Å²) in [6, 6.07) is 7.72. The Morgan fingerprint density at radius 1 is 1.10 bits per heavy atom. The Morgan fingerprint density at radius 3 is 2.67 bits per heavy atom. The minimum Gasteiger partial charge on any atom is -0.244 e. The Hall–Kier alpha value is -1.93. The van der Waals surface area contributed by atoms with Gasteiger partial charge in [0.2, 0.25) is 0 Å². The highest BCUT2D eigenvalue weighted by atomic mass is 32.2. The minimum absolute atomic E-state index is 0.491. The molecule has 106 valence electrons. The summed E-state index contributed by atoms with van der Waals surface area (Å²) in [5.41, 5.74) is 2.64. The maximum atomic E-state index is 13.3. The number of nitrogens with zero attached hydrogens (tertiary/aromatic N) is 2. The number of hydrogen-bond acceptors (Lipinski definition) is 3. The molecule has 3 rings (SSSR count). The first kappa shape index (κ1) is 14.0. The SMILES string of the molecule is N#Cc1cc2c(nc1Sc1ccc(F)c(F)c1)CCCC2. The van der Waals surface area contributed by atoms with Crippen LogP contribution in [0.2, 0.25) is 0 Å². The van der Waals surface area contributed by atoms with Crippen molar-refractivity contribution in [3.8, 4) is 6.07 Å². The summed E-state index contributed by atoms with van der Waals surface area (Å²) in [5, 5.41) is 9.82. The molecule has 0 saturated heterocycles. The number of aromatic nitrogens is 1. The Labute approximate surface area is 125 Å². The third kappa shape index (κ3) is 2.91. The van der Waals surface area contributed by atoms with Crippen LogP contribution in [0.15, 0.2) is 34.2 Å². The van der Waals surface area contributed by atoms with Crippen LogP contribution in [0.4, 0.5) is 8.78 Å². The van der Waals surface area contributed by atoms with Gasteiger partial charge in [0.25, 0.3) is 0 Å². The van der Waals surface area contributed by atoms with E-state index < -0.39 is 11.6 Å². The highest BCUT2D eigenvalue weighted by Gasteiger charge is 2.16. The van der Waals surface area contributed by atoms with Gasteiger partial charge in [-0.1, -0.05) is 11.8 Å². The van der Waals surface area contributed by atoms with Crippen LogP contribution in [0.3, 0.4) is 0 Å². The molecule has 1 aliphatic rings. The number of benzene rings is 1. The maximum Gasteiger partial charge on any atom is 0.159 e. The van der Waals surface area contributed by atoms with E-state index in [0.717, 1.165) is 49.1 Å². The minimum atomic E-state index is -0.892. The lowest BCUT2D eigenvalue weighted by Crippen LogP contribution is -2.07. The van der Waals surface area contributed by atoms with Gasteiger partial charge >= 0.3 is 0 Å². The molecule has 1 aliphatic carbocycles. The summed E-state index contributed by atoms with van der Waals surface area (Å²) in [6.07, 6.45) is 4.08. The number of aryl methyl sites for hydroxylation is 2. The molecule has 0 unspecified atom stereocenters. The first-order chi connectivity index (χ1) is 10.2. The van der Waals surface area contributed by atoms with E-state index in [2.05, 4.69) is 11.1 Å². The molecule has 0 radical (unpaired) electrons. The van der Waals surface area contributed by atoms with Gasteiger partial charge in [-0.2, -0.15) is 5.26 Å². The molecule has 2 aromatic rings. The molecular formula is C16H12F2N2S. The molecular weight excluding hydrogens is 290 g/mol. The van der Waals surface area contributed by atoms with Crippen molar-refractivity contribution >= 4 is 11.8 Å². The van der Waals surface area contributed by atoms with Crippen molar-refractivity contribution in [2.24, 2.45) is 0 Å². The van der Waals surface area contributed by atoms with Crippen LogP contribution in [-0.4, -0.2) is 4.98 Å². The molecule has 0 amide bonds. The first-order valence-corrected chi connectivity index (χ1v) is 7.55. The lowest BCUT2D eigenvalue weighted by Gasteiger charge is -2.16. The monoisotopic (exact) mass is 302 g/mol. The van der Waals surface area contributed by atoms with Crippen molar-refractivity contribution in [3.63, 3.8) is 0 Å². The van der Waals surface area contributed by atoms with Crippen LogP contribution in [0, 0.1) is 23.0 Å². The molecule has 1 heterocycles. The fraction of sp³-hybridized carbons (Fsp3) is 0.250. The largest absolute Gasteiger partial charge is 0.244 e. The van der Waals surface area contributed by atoms with Gasteiger partial charge in [0.15, 0.2) is 11.6 Å². The van der Waals surface area contributed by atoms with Gasteiger partial charge in [-0.3, -0.25) is 0 Å². The predicted molar refractivity (Wildman–Crippen MR) is 76.1 cm³/mol. The van der Waals surface area contributed by atoms with Gasteiger partial charge < -0.3 is 0 Å². The van der Waals surface area contributed by atoms with Gasteiger partial charge in [0, 0.05) is 10.6 Å². The normalized spacial score (nSPS) is 13.6. The molecule has 1 aromatic carbocycles. The summed E-state index contributed by atoms with van der Waals surface area (Å²) < 4.78 is 26.2. The molecule has 0 saturated carbocycles. The maximum absolute atomic E-state index is 13.3. The Kier molecular flexibility index (Phi) is 3.89. The van der Waals surface area contributed by atoms with E-state index in [1.54, 1.807) is 0 Å². The molecule has 0 N–H and O–H groups in total. The van der Waals surface area contributed by atoms with E-state index in [1.165, 1.54) is 17.8 Å². The second-order valence-electron chi connectivity index (χ2n) is 4.94. The van der Waals surface area contributed by atoms with Crippen LogP contribution < -0.4 is 0 Å². The number of halogens is 2. The van der Waals surface area contributed by atoms with E-state index in [0.29, 0.717) is 15.5 Å². The molecule has 5 heteroatoms. The third-order valence-electron chi connectivity index (χ3n) is 3.49. The molecule has 0 fully saturated rings. The van der Waals surface area contributed by atoms with Gasteiger partial charge in [0.05, 0.1) is 5.56 Å². The summed E-state index contributed by atoms with van der Waals surface area (Å²) in [7, 11) is 0. The van der Waals surface area contributed by atoms with Gasteiger partial charge in [0.1, 0.15) is 11.1 Å². The van der Waals surface area contributed by atoms with E-state index in [4.69, 9.17) is 0 Å². The van der Waals surface area contributed by atoms with Crippen molar-refractivity contribution in [2.45, 2.75) is 35.6 Å². The van der Waals surface area contributed by atoms with Crippen LogP contribution in [-0.2, 0) is 12.8 Å². The summed E-state index contributed by atoms with van der Waals surface area (Å²) in [4.78, 5) is 5.09. The third-order valence-corrected chi connectivity index (χ3v) is 4.49. The summed E-state index contributed by atoms with van der Waals surface area (Å²) in [5.74, 6) is -1.77. The number of hydrogen-bond donors (Lipinski definition) is 0. The van der Waals surface area contributed by atoms with Crippen molar-refractivity contribution in [3.05, 3.63) is 52.7 Å². The molecule has 1 aromatic heterocycles. The fourth-order valence-electron chi connectivity index (χ4n) is 2.42.